The third-order valence-electron chi connectivity index (χ3n) is 4.17. The fraction of sp³-hybridized carbons (Fsp3) is 0.643. The number of aromatic nitrogens is 4. The minimum atomic E-state index is -5.26. The summed E-state index contributed by atoms with van der Waals surface area (Å²) in [6, 6.07) is 0.0202. The van der Waals surface area contributed by atoms with E-state index in [1.807, 2.05) is 6.92 Å². The van der Waals surface area contributed by atoms with Crippen molar-refractivity contribution in [2.24, 2.45) is 0 Å². The van der Waals surface area contributed by atoms with Gasteiger partial charge in [0.15, 0.2) is 23.2 Å². The Balaban J connectivity index is 0.00000225. The van der Waals surface area contributed by atoms with E-state index in [0.29, 0.717) is 6.61 Å². The van der Waals surface area contributed by atoms with Gasteiger partial charge >= 0.3 is 65.1 Å². The molecule has 156 valence electrons. The van der Waals surface area contributed by atoms with Crippen LogP contribution in [-0.4, -0.2) is 61.3 Å². The van der Waals surface area contributed by atoms with Crippen LogP contribution < -0.4 is 79.4 Å². The molecule has 1 fully saturated rings. The third kappa shape index (κ3) is 6.58. The van der Waals surface area contributed by atoms with Gasteiger partial charge in [-0.1, -0.05) is 13.3 Å². The number of anilines is 1. The number of imidazole rings is 1. The number of unbranched alkanes of at least 4 members (excludes halogenated alkanes) is 1. The molecule has 4 atom stereocenters. The quantitative estimate of drug-likeness (QED) is 0.190. The maximum absolute atomic E-state index is 10.6. The number of nitrogens with zero attached hydrogens (tertiary/aromatic N) is 4. The maximum Gasteiger partial charge on any atom is 1.00 e. The first-order chi connectivity index (χ1) is 13.2. The van der Waals surface area contributed by atoms with E-state index >= 15 is 0 Å². The number of aliphatic hydroxyl groups excluding tert-OH is 2. The molecule has 0 aliphatic carbocycles. The SMILES string of the molecule is CCCCOc1nc(N)c2ncn(C3OC(COP(=O)([O-])[O-])C(O)C3O)c2n1.[Na+].[Na+]. The van der Waals surface area contributed by atoms with Gasteiger partial charge in [0, 0.05) is 0 Å². The Bertz CT molecular complexity index is 883. The molecular weight excluding hydrogens is 443 g/mol. The summed E-state index contributed by atoms with van der Waals surface area (Å²) in [5.41, 5.74) is 6.30. The topological polar surface area (TPSA) is 201 Å². The first-order valence-corrected chi connectivity index (χ1v) is 9.98. The van der Waals surface area contributed by atoms with Gasteiger partial charge in [0.1, 0.15) is 18.3 Å². The molecule has 0 amide bonds. The predicted octanol–water partition coefficient (Wildman–Crippen LogP) is -7.94. The number of nitrogens with two attached hydrogens (primary N) is 1. The molecule has 16 heteroatoms. The molecule has 1 saturated heterocycles. The van der Waals surface area contributed by atoms with Crippen LogP contribution in [0.2, 0.25) is 0 Å². The molecule has 2 aromatic rings. The Kier molecular flexibility index (Phi) is 11.1. The first-order valence-electron chi connectivity index (χ1n) is 8.52. The van der Waals surface area contributed by atoms with Gasteiger partial charge in [-0.2, -0.15) is 9.97 Å². The molecule has 0 spiro atoms. The Morgan fingerprint density at radius 3 is 2.63 bits per heavy atom. The summed E-state index contributed by atoms with van der Waals surface area (Å²) in [7, 11) is -5.26. The minimum Gasteiger partial charge on any atom is -0.790 e. The van der Waals surface area contributed by atoms with Crippen LogP contribution in [0.15, 0.2) is 6.33 Å². The molecular formula is C14H20N5Na2O8P. The van der Waals surface area contributed by atoms with Gasteiger partial charge in [-0.15, -0.1) is 0 Å². The summed E-state index contributed by atoms with van der Waals surface area (Å²) in [6.07, 6.45) is -2.42. The van der Waals surface area contributed by atoms with Crippen LogP contribution in [0, 0.1) is 0 Å². The monoisotopic (exact) mass is 463 g/mol. The summed E-state index contributed by atoms with van der Waals surface area (Å²) in [5.74, 6) is 0.0572. The number of phosphoric acid groups is 1. The van der Waals surface area contributed by atoms with E-state index in [9.17, 15) is 24.6 Å². The molecule has 1 aliphatic heterocycles. The summed E-state index contributed by atoms with van der Waals surface area (Å²) in [4.78, 5) is 33.6. The molecule has 13 nitrogen and oxygen atoms in total. The van der Waals surface area contributed by atoms with Crippen LogP contribution >= 0.6 is 7.82 Å². The van der Waals surface area contributed by atoms with E-state index in [1.54, 1.807) is 0 Å². The zero-order valence-electron chi connectivity index (χ0n) is 16.9. The van der Waals surface area contributed by atoms with Gasteiger partial charge in [0.2, 0.25) is 0 Å². The average Bonchev–Trinajstić information content (AvgIpc) is 3.15. The van der Waals surface area contributed by atoms with Gasteiger partial charge in [-0.05, 0) is 6.42 Å². The van der Waals surface area contributed by atoms with Crippen LogP contribution in [0.1, 0.15) is 26.0 Å². The number of ether oxygens (including phenoxy) is 2. The van der Waals surface area contributed by atoms with E-state index in [1.165, 1.54) is 10.9 Å². The van der Waals surface area contributed by atoms with Crippen molar-refractivity contribution in [1.29, 1.82) is 0 Å². The molecule has 0 saturated carbocycles. The van der Waals surface area contributed by atoms with Gasteiger partial charge in [0.05, 0.1) is 27.4 Å². The van der Waals surface area contributed by atoms with E-state index in [4.69, 9.17) is 15.2 Å². The minimum absolute atomic E-state index is 0. The number of nitrogen functional groups attached to an aromatic ring is 1. The second-order valence-corrected chi connectivity index (χ2v) is 7.36. The van der Waals surface area contributed by atoms with Crippen LogP contribution in [0.25, 0.3) is 11.2 Å². The standard InChI is InChI=1S/C14H22N5O8P.2Na/c1-2-3-4-25-14-17-11(15)8-12(18-14)19(6-16-8)13-10(21)9(20)7(27-13)5-26-28(22,23)24;;/h6-7,9-10,13,20-21H,2-5H2,1H3,(H2,15,17,18)(H2,22,23,24);;/q;2*+1/p-2. The van der Waals surface area contributed by atoms with Crippen LogP contribution in [0.3, 0.4) is 0 Å². The average molecular weight is 463 g/mol. The third-order valence-corrected chi connectivity index (χ3v) is 4.63. The molecule has 3 heterocycles. The van der Waals surface area contributed by atoms with Gasteiger partial charge in [0.25, 0.3) is 0 Å². The number of hydrogen-bond acceptors (Lipinski definition) is 12. The number of aliphatic hydroxyl groups is 2. The second-order valence-electron chi connectivity index (χ2n) is 6.21. The van der Waals surface area contributed by atoms with Gasteiger partial charge in [-0.25, -0.2) is 4.98 Å². The Labute approximate surface area is 216 Å². The van der Waals surface area contributed by atoms with Gasteiger partial charge < -0.3 is 44.3 Å². The van der Waals surface area contributed by atoms with Crippen molar-refractivity contribution >= 4 is 24.8 Å². The number of rotatable bonds is 8. The molecule has 0 radical (unpaired) electrons. The summed E-state index contributed by atoms with van der Waals surface area (Å²) < 4.78 is 27.0. The normalized spacial score (nSPS) is 23.8. The molecule has 4 unspecified atom stereocenters. The fourth-order valence-corrected chi connectivity index (χ4v) is 3.07. The fourth-order valence-electron chi connectivity index (χ4n) is 2.74. The molecule has 2 aromatic heterocycles. The van der Waals surface area contributed by atoms with Crippen LogP contribution in [0.5, 0.6) is 6.01 Å². The smallest absolute Gasteiger partial charge is 0.790 e. The molecule has 4 N–H and O–H groups in total. The molecule has 0 bridgehead atoms. The van der Waals surface area contributed by atoms with Crippen molar-refractivity contribution in [3.8, 4) is 6.01 Å². The number of phosphoric ester groups is 1. The van der Waals surface area contributed by atoms with Crippen LogP contribution in [0.4, 0.5) is 5.82 Å². The van der Waals surface area contributed by atoms with E-state index in [0.717, 1.165) is 12.8 Å². The Hall–Kier alpha value is 0.140. The van der Waals surface area contributed by atoms with Crippen molar-refractivity contribution in [1.82, 2.24) is 19.5 Å². The molecule has 3 rings (SSSR count). The molecule has 30 heavy (non-hydrogen) atoms. The van der Waals surface area contributed by atoms with E-state index in [-0.39, 0.29) is 82.1 Å². The van der Waals surface area contributed by atoms with Gasteiger partial charge in [-0.3, -0.25) is 4.57 Å². The molecule has 0 aromatic carbocycles. The largest absolute Gasteiger partial charge is 1.00 e. The number of hydrogen-bond donors (Lipinski definition) is 3. The first kappa shape index (κ1) is 28.2. The zero-order valence-corrected chi connectivity index (χ0v) is 21.8. The molecule has 1 aliphatic rings. The summed E-state index contributed by atoms with van der Waals surface area (Å²) in [6.45, 7) is 1.65. The van der Waals surface area contributed by atoms with Crippen molar-refractivity contribution in [2.45, 2.75) is 44.3 Å². The van der Waals surface area contributed by atoms with Crippen molar-refractivity contribution in [3.05, 3.63) is 6.33 Å². The second kappa shape index (κ2) is 11.8. The van der Waals surface area contributed by atoms with Crippen molar-refractivity contribution < 1.29 is 97.7 Å². The van der Waals surface area contributed by atoms with E-state index < -0.39 is 39.0 Å². The maximum atomic E-state index is 10.6. The zero-order chi connectivity index (χ0) is 20.5. The predicted molar refractivity (Wildman–Crippen MR) is 89.6 cm³/mol. The Morgan fingerprint density at radius 1 is 1.30 bits per heavy atom. The van der Waals surface area contributed by atoms with Crippen LogP contribution in [-0.2, 0) is 13.8 Å². The summed E-state index contributed by atoms with van der Waals surface area (Å²) >= 11 is 0. The van der Waals surface area contributed by atoms with Crippen molar-refractivity contribution in [3.63, 3.8) is 0 Å². The Morgan fingerprint density at radius 2 is 2.00 bits per heavy atom. The number of fused-ring (bicyclic) bond motifs is 1. The summed E-state index contributed by atoms with van der Waals surface area (Å²) in [5, 5.41) is 20.4. The van der Waals surface area contributed by atoms with E-state index in [2.05, 4.69) is 19.5 Å². The van der Waals surface area contributed by atoms with Crippen molar-refractivity contribution in [2.75, 3.05) is 18.9 Å².